The lowest BCUT2D eigenvalue weighted by atomic mass is 10.1. The highest BCUT2D eigenvalue weighted by Gasteiger charge is 2.13. The van der Waals surface area contributed by atoms with E-state index in [-0.39, 0.29) is 11.5 Å². The second-order valence-electron chi connectivity index (χ2n) is 4.23. The molecule has 1 aromatic rings. The third-order valence-electron chi connectivity index (χ3n) is 2.65. The number of hydrogen-bond donors (Lipinski definition) is 1. The number of amides is 1. The van der Waals surface area contributed by atoms with E-state index in [1.54, 1.807) is 19.1 Å². The van der Waals surface area contributed by atoms with E-state index in [0.717, 1.165) is 11.8 Å². The highest BCUT2D eigenvalue weighted by molar-refractivity contribution is 9.09. The SMILES string of the molecule is Cc1cccc(C(=O)NCC(C)CCBr)c1F. The van der Waals surface area contributed by atoms with Crippen LogP contribution in [0.1, 0.15) is 29.3 Å². The van der Waals surface area contributed by atoms with Crippen molar-refractivity contribution in [1.29, 1.82) is 0 Å². The number of halogens is 2. The van der Waals surface area contributed by atoms with Gasteiger partial charge >= 0.3 is 0 Å². The summed E-state index contributed by atoms with van der Waals surface area (Å²) in [7, 11) is 0. The van der Waals surface area contributed by atoms with Crippen LogP contribution >= 0.6 is 15.9 Å². The van der Waals surface area contributed by atoms with Gasteiger partial charge in [0.1, 0.15) is 5.82 Å². The number of hydrogen-bond acceptors (Lipinski definition) is 1. The van der Waals surface area contributed by atoms with E-state index in [4.69, 9.17) is 0 Å². The summed E-state index contributed by atoms with van der Waals surface area (Å²) < 4.78 is 13.7. The average molecular weight is 302 g/mol. The standard InChI is InChI=1S/C13H17BrFNO/c1-9(6-7-14)8-16-13(17)11-5-3-4-10(2)12(11)15/h3-5,9H,6-8H2,1-2H3,(H,16,17). The Morgan fingerprint density at radius 3 is 2.88 bits per heavy atom. The Morgan fingerprint density at radius 1 is 1.53 bits per heavy atom. The predicted molar refractivity (Wildman–Crippen MR) is 71.0 cm³/mol. The van der Waals surface area contributed by atoms with Crippen molar-refractivity contribution in [3.8, 4) is 0 Å². The minimum Gasteiger partial charge on any atom is -0.352 e. The fraction of sp³-hybridized carbons (Fsp3) is 0.462. The van der Waals surface area contributed by atoms with Crippen molar-refractivity contribution < 1.29 is 9.18 Å². The summed E-state index contributed by atoms with van der Waals surface area (Å²) in [6, 6.07) is 4.85. The zero-order valence-corrected chi connectivity index (χ0v) is 11.7. The highest BCUT2D eigenvalue weighted by Crippen LogP contribution is 2.12. The van der Waals surface area contributed by atoms with Crippen molar-refractivity contribution in [1.82, 2.24) is 5.32 Å². The lowest BCUT2D eigenvalue weighted by Crippen LogP contribution is -2.29. The van der Waals surface area contributed by atoms with Crippen LogP contribution in [0.4, 0.5) is 4.39 Å². The smallest absolute Gasteiger partial charge is 0.254 e. The van der Waals surface area contributed by atoms with Gasteiger partial charge in [-0.1, -0.05) is 35.0 Å². The van der Waals surface area contributed by atoms with E-state index in [0.29, 0.717) is 18.0 Å². The van der Waals surface area contributed by atoms with Crippen LogP contribution in [0.5, 0.6) is 0 Å². The molecule has 1 rings (SSSR count). The molecule has 0 aliphatic heterocycles. The number of benzene rings is 1. The molecule has 4 heteroatoms. The van der Waals surface area contributed by atoms with Crippen molar-refractivity contribution in [3.05, 3.63) is 35.1 Å². The number of rotatable bonds is 5. The zero-order chi connectivity index (χ0) is 12.8. The van der Waals surface area contributed by atoms with Gasteiger partial charge in [-0.3, -0.25) is 4.79 Å². The van der Waals surface area contributed by atoms with Gasteiger partial charge < -0.3 is 5.32 Å². The van der Waals surface area contributed by atoms with Gasteiger partial charge in [-0.15, -0.1) is 0 Å². The van der Waals surface area contributed by atoms with Crippen LogP contribution in [0.15, 0.2) is 18.2 Å². The first-order valence-electron chi connectivity index (χ1n) is 5.65. The molecule has 0 aliphatic rings. The Kier molecular flexibility index (Phi) is 5.62. The Bertz CT molecular complexity index is 395. The maximum Gasteiger partial charge on any atom is 0.254 e. The van der Waals surface area contributed by atoms with Crippen molar-refractivity contribution in [3.63, 3.8) is 0 Å². The fourth-order valence-corrected chi connectivity index (χ4v) is 2.25. The van der Waals surface area contributed by atoms with E-state index < -0.39 is 5.82 Å². The molecule has 1 N–H and O–H groups in total. The van der Waals surface area contributed by atoms with Crippen molar-refractivity contribution >= 4 is 21.8 Å². The Morgan fingerprint density at radius 2 is 2.24 bits per heavy atom. The summed E-state index contributed by atoms with van der Waals surface area (Å²) in [5.41, 5.74) is 0.613. The summed E-state index contributed by atoms with van der Waals surface area (Å²) in [4.78, 5) is 11.8. The number of carbonyl (C=O) groups is 1. The first-order chi connectivity index (χ1) is 8.06. The maximum atomic E-state index is 13.7. The molecule has 1 aromatic carbocycles. The quantitative estimate of drug-likeness (QED) is 0.831. The Labute approximate surface area is 110 Å². The number of alkyl halides is 1. The molecule has 0 aliphatic carbocycles. The lowest BCUT2D eigenvalue weighted by molar-refractivity contribution is 0.0943. The summed E-state index contributed by atoms with van der Waals surface area (Å²) in [6.45, 7) is 4.27. The van der Waals surface area contributed by atoms with Gasteiger partial charge in [0.25, 0.3) is 5.91 Å². The number of carbonyl (C=O) groups excluding carboxylic acids is 1. The molecule has 0 saturated heterocycles. The van der Waals surface area contributed by atoms with Crippen LogP contribution in [0.25, 0.3) is 0 Å². The predicted octanol–water partition coefficient (Wildman–Crippen LogP) is 3.29. The van der Waals surface area contributed by atoms with Crippen LogP contribution in [0, 0.1) is 18.7 Å². The van der Waals surface area contributed by atoms with Gasteiger partial charge in [-0.2, -0.15) is 0 Å². The van der Waals surface area contributed by atoms with Crippen LogP contribution in [-0.4, -0.2) is 17.8 Å². The Balaban J connectivity index is 2.61. The largest absolute Gasteiger partial charge is 0.352 e. The molecule has 0 aromatic heterocycles. The minimum absolute atomic E-state index is 0.121. The summed E-state index contributed by atoms with van der Waals surface area (Å²) >= 11 is 3.35. The molecule has 1 atom stereocenters. The molecule has 1 unspecified atom stereocenters. The second-order valence-corrected chi connectivity index (χ2v) is 5.02. The lowest BCUT2D eigenvalue weighted by Gasteiger charge is -2.11. The molecular formula is C13H17BrFNO. The van der Waals surface area contributed by atoms with Crippen LogP contribution in [0.2, 0.25) is 0 Å². The molecule has 1 amide bonds. The van der Waals surface area contributed by atoms with Crippen LogP contribution in [0.3, 0.4) is 0 Å². The fourth-order valence-electron chi connectivity index (χ4n) is 1.47. The Hall–Kier alpha value is -0.900. The van der Waals surface area contributed by atoms with Gasteiger partial charge in [-0.05, 0) is 30.9 Å². The molecular weight excluding hydrogens is 285 g/mol. The van der Waals surface area contributed by atoms with Gasteiger partial charge in [0.2, 0.25) is 0 Å². The summed E-state index contributed by atoms with van der Waals surface area (Å²) in [6.07, 6.45) is 0.983. The molecule has 0 fully saturated rings. The molecule has 2 nitrogen and oxygen atoms in total. The molecule has 0 saturated carbocycles. The molecule has 0 bridgehead atoms. The van der Waals surface area contributed by atoms with E-state index in [9.17, 15) is 9.18 Å². The number of nitrogens with one attached hydrogen (secondary N) is 1. The topological polar surface area (TPSA) is 29.1 Å². The molecule has 94 valence electrons. The minimum atomic E-state index is -0.432. The maximum absolute atomic E-state index is 13.7. The van der Waals surface area contributed by atoms with E-state index in [2.05, 4.69) is 21.2 Å². The van der Waals surface area contributed by atoms with Gasteiger partial charge in [0, 0.05) is 11.9 Å². The first-order valence-corrected chi connectivity index (χ1v) is 6.77. The van der Waals surface area contributed by atoms with Gasteiger partial charge in [0.05, 0.1) is 5.56 Å². The molecule has 0 radical (unpaired) electrons. The third kappa shape index (κ3) is 4.11. The van der Waals surface area contributed by atoms with E-state index >= 15 is 0 Å². The van der Waals surface area contributed by atoms with E-state index in [1.165, 1.54) is 6.07 Å². The highest BCUT2D eigenvalue weighted by atomic mass is 79.9. The average Bonchev–Trinajstić information content (AvgIpc) is 2.30. The zero-order valence-electron chi connectivity index (χ0n) is 10.1. The summed E-state index contributed by atoms with van der Waals surface area (Å²) in [5.74, 6) is -0.392. The molecule has 17 heavy (non-hydrogen) atoms. The monoisotopic (exact) mass is 301 g/mol. The van der Waals surface area contributed by atoms with Crippen molar-refractivity contribution in [2.75, 3.05) is 11.9 Å². The van der Waals surface area contributed by atoms with Crippen LogP contribution in [-0.2, 0) is 0 Å². The van der Waals surface area contributed by atoms with Gasteiger partial charge in [-0.25, -0.2) is 4.39 Å². The molecule has 0 spiro atoms. The third-order valence-corrected chi connectivity index (χ3v) is 3.11. The first kappa shape index (κ1) is 14.2. The number of aryl methyl sites for hydroxylation is 1. The van der Waals surface area contributed by atoms with Crippen molar-refractivity contribution in [2.24, 2.45) is 5.92 Å². The van der Waals surface area contributed by atoms with Crippen LogP contribution < -0.4 is 5.32 Å². The second kappa shape index (κ2) is 6.74. The van der Waals surface area contributed by atoms with Crippen molar-refractivity contribution in [2.45, 2.75) is 20.3 Å². The van der Waals surface area contributed by atoms with Gasteiger partial charge in [0.15, 0.2) is 0 Å². The molecule has 0 heterocycles. The van der Waals surface area contributed by atoms with E-state index in [1.807, 2.05) is 6.92 Å². The normalized spacial score (nSPS) is 12.2. The summed E-state index contributed by atoms with van der Waals surface area (Å²) in [5, 5.41) is 3.66.